The lowest BCUT2D eigenvalue weighted by molar-refractivity contribution is 0.0921. The third-order valence-electron chi connectivity index (χ3n) is 3.59. The molecule has 20 heavy (non-hydrogen) atoms. The largest absolute Gasteiger partial charge is 0.383 e. The molecule has 0 aromatic heterocycles. The number of carbonyl (C=O) groups is 1. The first kappa shape index (κ1) is 14.7. The summed E-state index contributed by atoms with van der Waals surface area (Å²) in [6.45, 7) is 3.15. The highest BCUT2D eigenvalue weighted by molar-refractivity contribution is 5.94. The second kappa shape index (κ2) is 6.17. The first-order chi connectivity index (χ1) is 9.52. The summed E-state index contributed by atoms with van der Waals surface area (Å²) in [5.41, 5.74) is -0.261. The molecule has 6 heteroatoms. The molecular weight excluding hydrogens is 266 g/mol. The summed E-state index contributed by atoms with van der Waals surface area (Å²) in [5, 5.41) is 5.17. The van der Waals surface area contributed by atoms with Crippen LogP contribution in [0.25, 0.3) is 0 Å². The molecule has 0 spiro atoms. The summed E-state index contributed by atoms with van der Waals surface area (Å²) < 4.78 is 32.5. The van der Waals surface area contributed by atoms with E-state index >= 15 is 0 Å². The Morgan fingerprint density at radius 2 is 2.05 bits per heavy atom. The number of hydrogen-bond acceptors (Lipinski definition) is 3. The summed E-state index contributed by atoms with van der Waals surface area (Å²) in [6.07, 6.45) is 0.878. The lowest BCUT2D eigenvalue weighted by Crippen LogP contribution is -2.38. The van der Waals surface area contributed by atoms with Crippen LogP contribution in [0.3, 0.4) is 0 Å². The van der Waals surface area contributed by atoms with Gasteiger partial charge in [0.25, 0.3) is 5.91 Å². The van der Waals surface area contributed by atoms with Crippen LogP contribution >= 0.6 is 0 Å². The average molecular weight is 284 g/mol. The van der Waals surface area contributed by atoms with Crippen LogP contribution < -0.4 is 10.6 Å². The van der Waals surface area contributed by atoms with Crippen LogP contribution in [-0.4, -0.2) is 32.2 Å². The van der Waals surface area contributed by atoms with E-state index in [1.54, 1.807) is 0 Å². The van der Waals surface area contributed by atoms with Gasteiger partial charge >= 0.3 is 0 Å². The van der Waals surface area contributed by atoms with Crippen molar-refractivity contribution < 1.29 is 18.3 Å². The normalized spacial score (nSPS) is 19.7. The number of nitrogens with one attached hydrogen (secondary N) is 2. The lowest BCUT2D eigenvalue weighted by Gasteiger charge is -2.19. The highest BCUT2D eigenvalue weighted by Crippen LogP contribution is 2.21. The molecule has 0 radical (unpaired) electrons. The van der Waals surface area contributed by atoms with E-state index in [1.165, 1.54) is 7.05 Å². The maximum Gasteiger partial charge on any atom is 0.251 e. The molecular formula is C14H18F2N2O2. The molecule has 2 atom stereocenters. The van der Waals surface area contributed by atoms with E-state index in [0.717, 1.165) is 18.6 Å². The third kappa shape index (κ3) is 3.07. The van der Waals surface area contributed by atoms with Gasteiger partial charge in [0.15, 0.2) is 0 Å². The zero-order valence-corrected chi connectivity index (χ0v) is 11.5. The van der Waals surface area contributed by atoms with E-state index in [-0.39, 0.29) is 23.2 Å². The first-order valence-corrected chi connectivity index (χ1v) is 6.58. The van der Waals surface area contributed by atoms with Crippen molar-refractivity contribution >= 4 is 11.6 Å². The fraction of sp³-hybridized carbons (Fsp3) is 0.500. The Hall–Kier alpha value is -1.69. The molecule has 110 valence electrons. The Morgan fingerprint density at radius 3 is 2.55 bits per heavy atom. The minimum absolute atomic E-state index is 0.0234. The summed E-state index contributed by atoms with van der Waals surface area (Å²) in [7, 11) is 1.42. The maximum absolute atomic E-state index is 13.6. The van der Waals surface area contributed by atoms with Crippen LogP contribution in [-0.2, 0) is 4.74 Å². The van der Waals surface area contributed by atoms with Gasteiger partial charge in [-0.3, -0.25) is 4.79 Å². The Balaban J connectivity index is 2.09. The Bertz CT molecular complexity index is 479. The van der Waals surface area contributed by atoms with Crippen LogP contribution in [0.15, 0.2) is 12.1 Å². The SMILES string of the molecule is CNc1c(F)cc(C(=O)NC(C)C2CCOC2)cc1F. The van der Waals surface area contributed by atoms with Crippen molar-refractivity contribution in [1.29, 1.82) is 0 Å². The van der Waals surface area contributed by atoms with E-state index < -0.39 is 17.5 Å². The highest BCUT2D eigenvalue weighted by atomic mass is 19.1. The second-order valence-electron chi connectivity index (χ2n) is 4.95. The van der Waals surface area contributed by atoms with Crippen molar-refractivity contribution in [2.45, 2.75) is 19.4 Å². The molecule has 2 rings (SSSR count). The van der Waals surface area contributed by atoms with Crippen molar-refractivity contribution in [1.82, 2.24) is 5.32 Å². The molecule has 1 fully saturated rings. The monoisotopic (exact) mass is 284 g/mol. The van der Waals surface area contributed by atoms with Gasteiger partial charge in [0.05, 0.1) is 6.61 Å². The second-order valence-corrected chi connectivity index (χ2v) is 4.95. The van der Waals surface area contributed by atoms with Crippen LogP contribution in [0.1, 0.15) is 23.7 Å². The fourth-order valence-electron chi connectivity index (χ4n) is 2.30. The molecule has 4 nitrogen and oxygen atoms in total. The number of anilines is 1. The van der Waals surface area contributed by atoms with Crippen LogP contribution in [0.4, 0.5) is 14.5 Å². The van der Waals surface area contributed by atoms with Gasteiger partial charge in [0.2, 0.25) is 0 Å². The zero-order valence-electron chi connectivity index (χ0n) is 11.5. The highest BCUT2D eigenvalue weighted by Gasteiger charge is 2.24. The van der Waals surface area contributed by atoms with Gasteiger partial charge in [-0.15, -0.1) is 0 Å². The molecule has 2 N–H and O–H groups in total. The summed E-state index contributed by atoms with van der Waals surface area (Å²) >= 11 is 0. The molecule has 0 aliphatic carbocycles. The molecule has 1 saturated heterocycles. The standard InChI is InChI=1S/C14H18F2N2O2/c1-8(9-3-4-20-7-9)18-14(19)10-5-11(15)13(17-2)12(16)6-10/h5-6,8-9,17H,3-4,7H2,1-2H3,(H,18,19). The van der Waals surface area contributed by atoms with Crippen molar-refractivity contribution in [3.8, 4) is 0 Å². The smallest absolute Gasteiger partial charge is 0.251 e. The number of hydrogen-bond donors (Lipinski definition) is 2. The first-order valence-electron chi connectivity index (χ1n) is 6.58. The van der Waals surface area contributed by atoms with Gasteiger partial charge in [-0.05, 0) is 25.5 Å². The minimum Gasteiger partial charge on any atom is -0.383 e. The number of benzene rings is 1. The number of carbonyl (C=O) groups excluding carboxylic acids is 1. The van der Waals surface area contributed by atoms with Gasteiger partial charge in [0.1, 0.15) is 17.3 Å². The number of halogens is 2. The Morgan fingerprint density at radius 1 is 1.40 bits per heavy atom. The van der Waals surface area contributed by atoms with Crippen molar-refractivity contribution in [2.75, 3.05) is 25.6 Å². The summed E-state index contributed by atoms with van der Waals surface area (Å²) in [5.74, 6) is -1.81. The van der Waals surface area contributed by atoms with Gasteiger partial charge in [0, 0.05) is 31.2 Å². The van der Waals surface area contributed by atoms with E-state index in [1.807, 2.05) is 6.92 Å². The summed E-state index contributed by atoms with van der Waals surface area (Å²) in [4.78, 5) is 12.0. The van der Waals surface area contributed by atoms with Crippen LogP contribution in [0.2, 0.25) is 0 Å². The van der Waals surface area contributed by atoms with E-state index in [0.29, 0.717) is 13.2 Å². The molecule has 1 aliphatic rings. The number of amides is 1. The summed E-state index contributed by atoms with van der Waals surface area (Å²) in [6, 6.07) is 1.96. The molecule has 2 unspecified atom stereocenters. The Kier molecular flexibility index (Phi) is 4.54. The van der Waals surface area contributed by atoms with E-state index in [4.69, 9.17) is 4.74 Å². The van der Waals surface area contributed by atoms with E-state index in [9.17, 15) is 13.6 Å². The maximum atomic E-state index is 13.6. The average Bonchev–Trinajstić information content (AvgIpc) is 2.92. The lowest BCUT2D eigenvalue weighted by atomic mass is 10.0. The van der Waals surface area contributed by atoms with Gasteiger partial charge in [-0.2, -0.15) is 0 Å². The minimum atomic E-state index is -0.783. The number of ether oxygens (including phenoxy) is 1. The topological polar surface area (TPSA) is 50.4 Å². The molecule has 1 aromatic rings. The zero-order chi connectivity index (χ0) is 14.7. The van der Waals surface area contributed by atoms with Crippen LogP contribution in [0, 0.1) is 17.6 Å². The molecule has 0 bridgehead atoms. The fourth-order valence-corrected chi connectivity index (χ4v) is 2.30. The van der Waals surface area contributed by atoms with Crippen LogP contribution in [0.5, 0.6) is 0 Å². The Labute approximate surface area is 116 Å². The van der Waals surface area contributed by atoms with Gasteiger partial charge in [-0.1, -0.05) is 0 Å². The van der Waals surface area contributed by atoms with Crippen molar-refractivity contribution in [3.63, 3.8) is 0 Å². The molecule has 1 aliphatic heterocycles. The molecule has 0 saturated carbocycles. The third-order valence-corrected chi connectivity index (χ3v) is 3.59. The molecule has 1 amide bonds. The van der Waals surface area contributed by atoms with Crippen molar-refractivity contribution in [3.05, 3.63) is 29.3 Å². The molecule has 1 heterocycles. The van der Waals surface area contributed by atoms with Gasteiger partial charge in [-0.25, -0.2) is 8.78 Å². The predicted molar refractivity (Wildman–Crippen MR) is 71.8 cm³/mol. The molecule has 1 aromatic carbocycles. The van der Waals surface area contributed by atoms with E-state index in [2.05, 4.69) is 10.6 Å². The quantitative estimate of drug-likeness (QED) is 0.891. The van der Waals surface area contributed by atoms with Crippen molar-refractivity contribution in [2.24, 2.45) is 5.92 Å². The number of rotatable bonds is 4. The predicted octanol–water partition coefficient (Wildman–Crippen LogP) is 2.16. The van der Waals surface area contributed by atoms with Gasteiger partial charge < -0.3 is 15.4 Å².